The van der Waals surface area contributed by atoms with Crippen LogP contribution in [0.25, 0.3) is 0 Å². The largest absolute Gasteiger partial charge is 0.618 e. The van der Waals surface area contributed by atoms with Crippen LogP contribution >= 0.6 is 15.9 Å². The maximum atomic E-state index is 13.3. The number of hydrogen-bond donors (Lipinski definition) is 0. The lowest BCUT2D eigenvalue weighted by molar-refractivity contribution is -0.612. The van der Waals surface area contributed by atoms with Crippen molar-refractivity contribution in [1.82, 2.24) is 39.4 Å². The number of rotatable bonds is 16. The maximum absolute atomic E-state index is 13.3. The van der Waals surface area contributed by atoms with E-state index in [0.717, 1.165) is 170 Å². The minimum atomic E-state index is -4.34. The molecule has 0 aliphatic carbocycles. The summed E-state index contributed by atoms with van der Waals surface area (Å²) in [5.74, 6) is 2.06. The first-order valence-corrected chi connectivity index (χ1v) is 41.5. The van der Waals surface area contributed by atoms with Crippen molar-refractivity contribution in [1.29, 1.82) is 0 Å². The van der Waals surface area contributed by atoms with Crippen molar-refractivity contribution >= 4 is 39.4 Å². The maximum Gasteiger partial charge on any atom is 0.416 e. The number of likely N-dealkylation sites (tertiary alicyclic amines) is 6. The number of nitrogens with zero attached hydrogens (tertiary/aromatic N) is 10. The summed E-state index contributed by atoms with van der Waals surface area (Å²) in [7, 11) is 0. The van der Waals surface area contributed by atoms with E-state index in [1.807, 2.05) is 61.8 Å². The number of hydrogen-bond acceptors (Lipinski definition) is 11. The Morgan fingerprint density at radius 2 is 0.857 bits per heavy atom. The summed E-state index contributed by atoms with van der Waals surface area (Å²) in [6.07, 6.45) is 10.8. The molecule has 2 aromatic heterocycles. The first-order chi connectivity index (χ1) is 53.8. The van der Waals surface area contributed by atoms with Gasteiger partial charge in [-0.25, -0.2) is 9.97 Å². The molecule has 1 unspecified atom stereocenters. The van der Waals surface area contributed by atoms with Gasteiger partial charge < -0.3 is 24.7 Å². The normalized spacial score (nSPS) is 19.2. The molecule has 6 aliphatic heterocycles. The fourth-order valence-electron chi connectivity index (χ4n) is 18.8. The first kappa shape index (κ1) is 82.8. The van der Waals surface area contributed by atoms with Gasteiger partial charge >= 0.3 is 6.18 Å². The molecule has 0 radical (unpaired) electrons. The number of amides is 3. The lowest BCUT2D eigenvalue weighted by atomic mass is 9.74. The van der Waals surface area contributed by atoms with Crippen LogP contribution in [0.1, 0.15) is 215 Å². The van der Waals surface area contributed by atoms with Gasteiger partial charge in [0.2, 0.25) is 5.69 Å². The Morgan fingerprint density at radius 3 is 1.25 bits per heavy atom. The summed E-state index contributed by atoms with van der Waals surface area (Å²) < 4.78 is 41.5. The van der Waals surface area contributed by atoms with Gasteiger partial charge in [0.1, 0.15) is 18.5 Å². The second kappa shape index (κ2) is 36.7. The number of oxime groups is 1. The molecule has 0 saturated carbocycles. The molecule has 0 spiro atoms. The van der Waals surface area contributed by atoms with E-state index in [2.05, 4.69) is 194 Å². The van der Waals surface area contributed by atoms with Crippen LogP contribution in [-0.4, -0.2) is 165 Å². The van der Waals surface area contributed by atoms with E-state index in [-0.39, 0.29) is 40.3 Å². The zero-order valence-corrected chi connectivity index (χ0v) is 68.9. The highest BCUT2D eigenvalue weighted by Gasteiger charge is 2.45. The average molecular weight is 1590 g/mol. The topological polar surface area (TPSA) is 145 Å². The third-order valence-electron chi connectivity index (χ3n) is 26.0. The Hall–Kier alpha value is -8.62. The summed E-state index contributed by atoms with van der Waals surface area (Å²) in [6, 6.07) is 54.2. The summed E-state index contributed by atoms with van der Waals surface area (Å²) in [6.45, 7) is 31.7. The first-order valence-electron chi connectivity index (χ1n) is 40.7. The van der Waals surface area contributed by atoms with E-state index in [1.165, 1.54) is 48.6 Å². The van der Waals surface area contributed by atoms with Crippen molar-refractivity contribution < 1.29 is 37.1 Å². The SMILES string of the molecule is CCO/N=C(\c1ccc(Br)cc1)C1CCN(C2(C)CCN(C(=O)c3c(C)cc[n+]([O-])c3C)CC2)CC1.Cc1cccc(C)c1C(=O)N1CCC(C)(N2CCC(C(c3ccccc3)c3ccccc3)CC2)CC1.Cc1ncnc(C)c1C(=O)N1CCC(C)(N2CCC(C(c3ccccc3)c3ccc(C(F)(F)F)cc3)CC2)CC1. The molecule has 14 rings (SSSR count). The third-order valence-corrected chi connectivity index (χ3v) is 26.5. The van der Waals surface area contributed by atoms with E-state index < -0.39 is 11.7 Å². The smallest absolute Gasteiger partial charge is 0.416 e. The minimum absolute atomic E-state index is 0.00955. The molecule has 8 heterocycles. The minimum Gasteiger partial charge on any atom is -0.618 e. The molecule has 0 bridgehead atoms. The molecule has 594 valence electrons. The summed E-state index contributed by atoms with van der Waals surface area (Å²) in [4.78, 5) is 67.7. The van der Waals surface area contributed by atoms with E-state index in [9.17, 15) is 32.8 Å². The molecule has 0 N–H and O–H groups in total. The fourth-order valence-corrected chi connectivity index (χ4v) is 19.1. The van der Waals surface area contributed by atoms with Crippen LogP contribution in [0.2, 0.25) is 0 Å². The highest BCUT2D eigenvalue weighted by atomic mass is 79.9. The lowest BCUT2D eigenvalue weighted by Crippen LogP contribution is -2.57. The van der Waals surface area contributed by atoms with Gasteiger partial charge in [-0.3, -0.25) is 29.1 Å². The average Bonchev–Trinajstić information content (AvgIpc) is 0.786. The molecule has 6 aliphatic rings. The van der Waals surface area contributed by atoms with Gasteiger partial charge in [0.25, 0.3) is 17.7 Å². The highest BCUT2D eigenvalue weighted by Crippen LogP contribution is 2.45. The Kier molecular flexibility index (Phi) is 27.1. The van der Waals surface area contributed by atoms with E-state index in [4.69, 9.17) is 4.84 Å². The van der Waals surface area contributed by atoms with Crippen molar-refractivity contribution in [3.05, 3.63) is 270 Å². The molecule has 1 atom stereocenters. The Balaban J connectivity index is 0.000000156. The second-order valence-corrected chi connectivity index (χ2v) is 33.9. The lowest BCUT2D eigenvalue weighted by Gasteiger charge is -2.50. The molecule has 6 fully saturated rings. The van der Waals surface area contributed by atoms with Gasteiger partial charge in [-0.1, -0.05) is 155 Å². The summed E-state index contributed by atoms with van der Waals surface area (Å²) in [5, 5.41) is 16.6. The summed E-state index contributed by atoms with van der Waals surface area (Å²) >= 11 is 3.52. The van der Waals surface area contributed by atoms with Crippen molar-refractivity contribution in [3.63, 3.8) is 0 Å². The van der Waals surface area contributed by atoms with Crippen LogP contribution in [0, 0.1) is 64.5 Å². The van der Waals surface area contributed by atoms with Crippen LogP contribution < -0.4 is 4.73 Å². The van der Waals surface area contributed by atoms with Gasteiger partial charge in [0.05, 0.1) is 28.2 Å². The van der Waals surface area contributed by atoms with Gasteiger partial charge in [-0.05, 0) is 259 Å². The Bertz CT molecular complexity index is 4400. The predicted octanol–water partition coefficient (Wildman–Crippen LogP) is 18.3. The van der Waals surface area contributed by atoms with Crippen molar-refractivity contribution in [2.24, 2.45) is 22.9 Å². The number of piperidine rings is 6. The molecule has 19 heteroatoms. The molecule has 112 heavy (non-hydrogen) atoms. The number of alkyl halides is 3. The fraction of sp³-hybridized carbons (Fsp3) is 0.473. The van der Waals surface area contributed by atoms with Gasteiger partial charge in [0.15, 0.2) is 6.20 Å². The number of carbonyl (C=O) groups excluding carboxylic acids is 3. The Morgan fingerprint density at radius 1 is 0.491 bits per heavy atom. The molecule has 8 aromatic rings. The van der Waals surface area contributed by atoms with Gasteiger partial charge in [-0.2, -0.15) is 17.9 Å². The highest BCUT2D eigenvalue weighted by molar-refractivity contribution is 9.10. The zero-order valence-electron chi connectivity index (χ0n) is 67.3. The molecule has 3 amide bonds. The summed E-state index contributed by atoms with van der Waals surface area (Å²) in [5.41, 5.74) is 13.8. The molecule has 15 nitrogen and oxygen atoms in total. The number of aryl methyl sites for hydroxylation is 5. The molecular weight excluding hydrogens is 1470 g/mol. The molecule has 6 saturated heterocycles. The van der Waals surface area contributed by atoms with Crippen molar-refractivity contribution in [3.8, 4) is 0 Å². The Labute approximate surface area is 670 Å². The van der Waals surface area contributed by atoms with Gasteiger partial charge in [0, 0.05) is 96.7 Å². The molecule has 6 aromatic carbocycles. The van der Waals surface area contributed by atoms with Crippen LogP contribution in [0.15, 0.2) is 186 Å². The van der Waals surface area contributed by atoms with E-state index in [1.54, 1.807) is 25.1 Å². The van der Waals surface area contributed by atoms with Crippen LogP contribution in [-0.2, 0) is 11.0 Å². The molecular formula is C93H114BrF3N10O5. The number of carbonyl (C=O) groups is 3. The predicted molar refractivity (Wildman–Crippen MR) is 443 cm³/mol. The quantitative estimate of drug-likeness (QED) is 0.0397. The van der Waals surface area contributed by atoms with Crippen LogP contribution in [0.4, 0.5) is 13.2 Å². The van der Waals surface area contributed by atoms with E-state index >= 15 is 0 Å². The monoisotopic (exact) mass is 1590 g/mol. The third kappa shape index (κ3) is 19.2. The number of halogens is 4. The van der Waals surface area contributed by atoms with Crippen LogP contribution in [0.5, 0.6) is 0 Å². The van der Waals surface area contributed by atoms with Gasteiger partial charge in [-0.15, -0.1) is 0 Å². The zero-order chi connectivity index (χ0) is 79.5. The number of aromatic nitrogens is 3. The second-order valence-electron chi connectivity index (χ2n) is 33.0. The standard InChI is InChI=1S/C33H40N2O.C32H37F3N4O.C28H37BrN4O3/c1-25-11-10-12-26(2)30(25)32(36)34-23-19-33(3,20-24-34)35-21-17-29(18-22-35)31(27-13-6-4-7-14-27)28-15-8-5-9-16-28;1-22-28(23(2)37-21-36-22)30(40)38-19-15-31(3,16-20-38)39-17-13-26(14-18-39)29(24-7-5-4-6-8-24)25-9-11-27(12-10-25)32(33,34)35;1-5-36-30-26(22-6-8-24(29)9-7-22)23-11-15-32(16-12-23)28(4)13-18-31(19-14-28)27(34)25-20(2)10-17-33(35)21(25)3/h4-16,29,31H,17-24H2,1-3H3;4-12,21,26,29H,13-20H2,1-3H3;6-10,17,23H,5,11-16,18-19H2,1-4H3/b;;30-26+. The van der Waals surface area contributed by atoms with Crippen LogP contribution in [0.3, 0.4) is 0 Å². The van der Waals surface area contributed by atoms with Crippen molar-refractivity contribution in [2.75, 3.05) is 85.1 Å². The number of benzene rings is 6. The van der Waals surface area contributed by atoms with E-state index in [0.29, 0.717) is 84.7 Å². The number of pyridine rings is 1. The van der Waals surface area contributed by atoms with Crippen molar-refractivity contribution in [2.45, 2.75) is 181 Å².